The SMILES string of the molecule is [CH2]CCCCCN(c1ccccc1)C(C)CC. The average Bonchev–Trinajstić information content (AvgIpc) is 2.39. The molecule has 0 amide bonds. The summed E-state index contributed by atoms with van der Waals surface area (Å²) in [6, 6.07) is 11.4. The molecule has 0 aromatic heterocycles. The van der Waals surface area contributed by atoms with Crippen LogP contribution in [0.15, 0.2) is 30.3 Å². The van der Waals surface area contributed by atoms with Gasteiger partial charge < -0.3 is 4.90 Å². The molecular weight excluding hydrogens is 206 g/mol. The molecule has 1 unspecified atom stereocenters. The molecule has 1 radical (unpaired) electrons. The molecule has 0 bridgehead atoms. The maximum Gasteiger partial charge on any atom is 0.0368 e. The van der Waals surface area contributed by atoms with Crippen molar-refractivity contribution in [3.05, 3.63) is 37.3 Å². The van der Waals surface area contributed by atoms with Gasteiger partial charge in [-0.25, -0.2) is 0 Å². The van der Waals surface area contributed by atoms with E-state index in [1.807, 2.05) is 0 Å². The lowest BCUT2D eigenvalue weighted by atomic mass is 10.1. The Balaban J connectivity index is 2.55. The van der Waals surface area contributed by atoms with E-state index >= 15 is 0 Å². The van der Waals surface area contributed by atoms with Crippen molar-refractivity contribution >= 4 is 5.69 Å². The van der Waals surface area contributed by atoms with Crippen molar-refractivity contribution < 1.29 is 0 Å². The topological polar surface area (TPSA) is 3.24 Å². The molecule has 95 valence electrons. The van der Waals surface area contributed by atoms with Gasteiger partial charge in [0.25, 0.3) is 0 Å². The van der Waals surface area contributed by atoms with Crippen LogP contribution in [0.4, 0.5) is 5.69 Å². The van der Waals surface area contributed by atoms with Crippen LogP contribution in [0.3, 0.4) is 0 Å². The Bertz CT molecular complexity index is 281. The maximum atomic E-state index is 3.90. The third-order valence-electron chi connectivity index (χ3n) is 3.36. The zero-order valence-electron chi connectivity index (χ0n) is 11.4. The number of hydrogen-bond acceptors (Lipinski definition) is 1. The molecule has 0 aliphatic heterocycles. The van der Waals surface area contributed by atoms with E-state index in [-0.39, 0.29) is 0 Å². The second-order valence-corrected chi connectivity index (χ2v) is 4.70. The molecule has 1 aromatic rings. The lowest BCUT2D eigenvalue weighted by Gasteiger charge is -2.31. The quantitative estimate of drug-likeness (QED) is 0.588. The first-order chi connectivity index (χ1) is 8.29. The Labute approximate surface area is 107 Å². The summed E-state index contributed by atoms with van der Waals surface area (Å²) in [5.41, 5.74) is 1.36. The highest BCUT2D eigenvalue weighted by molar-refractivity contribution is 5.46. The highest BCUT2D eigenvalue weighted by Crippen LogP contribution is 2.19. The van der Waals surface area contributed by atoms with E-state index in [2.05, 4.69) is 56.0 Å². The van der Waals surface area contributed by atoms with Crippen molar-refractivity contribution in [1.29, 1.82) is 0 Å². The van der Waals surface area contributed by atoms with E-state index in [0.717, 1.165) is 6.42 Å². The van der Waals surface area contributed by atoms with Crippen LogP contribution in [-0.4, -0.2) is 12.6 Å². The standard InChI is InChI=1S/C16H26N/c1-4-6-7-11-14-17(15(3)5-2)16-12-9-8-10-13-16/h8-10,12-13,15H,1,4-7,11,14H2,2-3H3. The number of benzene rings is 1. The summed E-state index contributed by atoms with van der Waals surface area (Å²) in [5, 5.41) is 0. The van der Waals surface area contributed by atoms with Crippen LogP contribution >= 0.6 is 0 Å². The summed E-state index contributed by atoms with van der Waals surface area (Å²) in [7, 11) is 0. The fraction of sp³-hybridized carbons (Fsp3) is 0.562. The number of nitrogens with zero attached hydrogens (tertiary/aromatic N) is 1. The zero-order valence-corrected chi connectivity index (χ0v) is 11.4. The number of para-hydroxylation sites is 1. The van der Waals surface area contributed by atoms with Crippen LogP contribution < -0.4 is 4.90 Å². The molecule has 1 heteroatoms. The molecular formula is C16H26N. The van der Waals surface area contributed by atoms with E-state index in [1.54, 1.807) is 0 Å². The van der Waals surface area contributed by atoms with Gasteiger partial charge >= 0.3 is 0 Å². The number of unbranched alkanes of at least 4 members (excludes halogenated alkanes) is 3. The van der Waals surface area contributed by atoms with E-state index in [4.69, 9.17) is 0 Å². The minimum atomic E-state index is 0.622. The van der Waals surface area contributed by atoms with Gasteiger partial charge in [-0.2, -0.15) is 0 Å². The van der Waals surface area contributed by atoms with Gasteiger partial charge in [-0.1, -0.05) is 51.3 Å². The molecule has 0 saturated heterocycles. The number of hydrogen-bond donors (Lipinski definition) is 0. The zero-order chi connectivity index (χ0) is 12.5. The van der Waals surface area contributed by atoms with Crippen molar-refractivity contribution in [2.75, 3.05) is 11.4 Å². The molecule has 0 N–H and O–H groups in total. The fourth-order valence-electron chi connectivity index (χ4n) is 2.08. The summed E-state index contributed by atoms with van der Waals surface area (Å²) < 4.78 is 0. The molecule has 17 heavy (non-hydrogen) atoms. The van der Waals surface area contributed by atoms with Crippen LogP contribution in [0.25, 0.3) is 0 Å². The predicted octanol–water partition coefficient (Wildman–Crippen LogP) is 4.69. The van der Waals surface area contributed by atoms with Crippen LogP contribution in [0.5, 0.6) is 0 Å². The van der Waals surface area contributed by atoms with Gasteiger partial charge in [-0.15, -0.1) is 0 Å². The van der Waals surface area contributed by atoms with Gasteiger partial charge in [-0.3, -0.25) is 0 Å². The molecule has 1 rings (SSSR count). The molecule has 0 aliphatic carbocycles. The molecule has 1 atom stereocenters. The van der Waals surface area contributed by atoms with Crippen molar-refractivity contribution in [3.8, 4) is 0 Å². The second kappa shape index (κ2) is 8.16. The van der Waals surface area contributed by atoms with Gasteiger partial charge in [-0.05, 0) is 31.9 Å². The minimum Gasteiger partial charge on any atom is -0.369 e. The molecule has 0 saturated carbocycles. The highest BCUT2D eigenvalue weighted by Gasteiger charge is 2.11. The summed E-state index contributed by atoms with van der Waals surface area (Å²) in [6.45, 7) is 9.64. The Morgan fingerprint density at radius 3 is 2.41 bits per heavy atom. The Morgan fingerprint density at radius 1 is 1.12 bits per heavy atom. The van der Waals surface area contributed by atoms with Gasteiger partial charge in [0.2, 0.25) is 0 Å². The third kappa shape index (κ3) is 4.80. The maximum absolute atomic E-state index is 3.90. The van der Waals surface area contributed by atoms with Crippen molar-refractivity contribution in [1.82, 2.24) is 0 Å². The van der Waals surface area contributed by atoms with E-state index in [0.29, 0.717) is 6.04 Å². The van der Waals surface area contributed by atoms with Crippen LogP contribution in [-0.2, 0) is 0 Å². The molecule has 0 aliphatic rings. The monoisotopic (exact) mass is 232 g/mol. The predicted molar refractivity (Wildman–Crippen MR) is 77.4 cm³/mol. The van der Waals surface area contributed by atoms with Crippen molar-refractivity contribution in [2.45, 2.75) is 52.0 Å². The van der Waals surface area contributed by atoms with E-state index in [9.17, 15) is 0 Å². The van der Waals surface area contributed by atoms with Crippen molar-refractivity contribution in [3.63, 3.8) is 0 Å². The molecule has 1 nitrogen and oxygen atoms in total. The third-order valence-corrected chi connectivity index (χ3v) is 3.36. The molecule has 0 fully saturated rings. The molecule has 0 spiro atoms. The van der Waals surface area contributed by atoms with Gasteiger partial charge in [0.1, 0.15) is 0 Å². The van der Waals surface area contributed by atoms with Crippen LogP contribution in [0.1, 0.15) is 46.0 Å². The largest absolute Gasteiger partial charge is 0.369 e. The number of anilines is 1. The van der Waals surface area contributed by atoms with Gasteiger partial charge in [0, 0.05) is 18.3 Å². The first-order valence-electron chi connectivity index (χ1n) is 6.90. The first kappa shape index (κ1) is 14.1. The fourth-order valence-corrected chi connectivity index (χ4v) is 2.08. The normalized spacial score (nSPS) is 12.4. The lowest BCUT2D eigenvalue weighted by Crippen LogP contribution is -2.33. The Kier molecular flexibility index (Phi) is 6.76. The second-order valence-electron chi connectivity index (χ2n) is 4.70. The molecule has 0 heterocycles. The van der Waals surface area contributed by atoms with E-state index in [1.165, 1.54) is 37.9 Å². The summed E-state index contributed by atoms with van der Waals surface area (Å²) in [5.74, 6) is 0. The molecule has 1 aromatic carbocycles. The lowest BCUT2D eigenvalue weighted by molar-refractivity contribution is 0.579. The Morgan fingerprint density at radius 2 is 1.82 bits per heavy atom. The van der Waals surface area contributed by atoms with E-state index < -0.39 is 0 Å². The van der Waals surface area contributed by atoms with Gasteiger partial charge in [0.05, 0.1) is 0 Å². The smallest absolute Gasteiger partial charge is 0.0368 e. The summed E-state index contributed by atoms with van der Waals surface area (Å²) in [6.07, 6.45) is 6.08. The highest BCUT2D eigenvalue weighted by atomic mass is 15.2. The first-order valence-corrected chi connectivity index (χ1v) is 6.90. The Hall–Kier alpha value is -0.980. The minimum absolute atomic E-state index is 0.622. The summed E-state index contributed by atoms with van der Waals surface area (Å²) >= 11 is 0. The van der Waals surface area contributed by atoms with Crippen LogP contribution in [0, 0.1) is 6.92 Å². The average molecular weight is 232 g/mol. The van der Waals surface area contributed by atoms with Gasteiger partial charge in [0.15, 0.2) is 0 Å². The number of rotatable bonds is 8. The van der Waals surface area contributed by atoms with Crippen LogP contribution in [0.2, 0.25) is 0 Å². The van der Waals surface area contributed by atoms with Crippen molar-refractivity contribution in [2.24, 2.45) is 0 Å². The summed E-state index contributed by atoms with van der Waals surface area (Å²) in [4.78, 5) is 2.53.